The van der Waals surface area contributed by atoms with Crippen molar-refractivity contribution >= 4 is 23.4 Å². The Kier molecular flexibility index (Phi) is 6.91. The van der Waals surface area contributed by atoms with Crippen molar-refractivity contribution in [2.24, 2.45) is 16.2 Å². The molecule has 0 saturated heterocycles. The molecule has 0 radical (unpaired) electrons. The molecule has 0 aromatic rings. The minimum absolute atomic E-state index is 0.681. The Bertz CT molecular complexity index is 761. The molecule has 1 unspecified atom stereocenters. The predicted molar refractivity (Wildman–Crippen MR) is 120 cm³/mol. The van der Waals surface area contributed by atoms with E-state index < -0.39 is 62.0 Å². The van der Waals surface area contributed by atoms with E-state index in [0.29, 0.717) is 0 Å². The zero-order chi connectivity index (χ0) is 25.1. The number of esters is 1. The van der Waals surface area contributed by atoms with Crippen molar-refractivity contribution in [3.63, 3.8) is 0 Å². The fourth-order valence-corrected chi connectivity index (χ4v) is 5.43. The average molecular weight is 464 g/mol. The summed E-state index contributed by atoms with van der Waals surface area (Å²) in [5.41, 5.74) is -7.78. The Balaban J connectivity index is 3.98. The summed E-state index contributed by atoms with van der Waals surface area (Å²) in [5.74, 6) is -0.762. The molecule has 1 aliphatic carbocycles. The van der Waals surface area contributed by atoms with Gasteiger partial charge in [0.05, 0.1) is 0 Å². The molecule has 1 aliphatic rings. The van der Waals surface area contributed by atoms with Crippen molar-refractivity contribution in [1.82, 2.24) is 5.32 Å². The summed E-state index contributed by atoms with van der Waals surface area (Å²) in [6.07, 6.45) is -0.849. The van der Waals surface area contributed by atoms with Crippen LogP contribution in [0.3, 0.4) is 0 Å². The topological polar surface area (TPSA) is 111 Å². The molecule has 0 bridgehead atoms. The van der Waals surface area contributed by atoms with Crippen LogP contribution in [-0.2, 0) is 29.8 Å². The van der Waals surface area contributed by atoms with E-state index in [2.05, 4.69) is 5.32 Å². The standard InChI is InChI=1S/C22H41NO7S/c1-16(2,3)28-14(24)22(23-15(25)29-17(4,5)6)20(11,12)18(7,8)19(9,10)21(22,13)30-31(26)27/h1-13H3,(H,23,25)(H,26,27)/t21-,22-/m0/s1. The zero-order valence-corrected chi connectivity index (χ0v) is 22.1. The third-order valence-corrected chi connectivity index (χ3v) is 8.08. The molecule has 3 atom stereocenters. The monoisotopic (exact) mass is 463 g/mol. The average Bonchev–Trinajstić information content (AvgIpc) is 2.52. The van der Waals surface area contributed by atoms with Crippen molar-refractivity contribution in [2.45, 2.75) is 112 Å². The normalized spacial score (nSPS) is 30.4. The minimum Gasteiger partial charge on any atom is -0.458 e. The van der Waals surface area contributed by atoms with Crippen LogP contribution in [0.2, 0.25) is 0 Å². The second kappa shape index (κ2) is 7.70. The smallest absolute Gasteiger partial charge is 0.408 e. The molecule has 1 saturated carbocycles. The summed E-state index contributed by atoms with van der Waals surface area (Å²) in [7, 11) is 0. The molecule has 1 amide bonds. The van der Waals surface area contributed by atoms with Crippen molar-refractivity contribution < 1.29 is 32.0 Å². The molecule has 0 aromatic heterocycles. The Morgan fingerprint density at radius 3 is 1.55 bits per heavy atom. The highest BCUT2D eigenvalue weighted by Crippen LogP contribution is 2.72. The number of carbonyl (C=O) groups excluding carboxylic acids is 2. The largest absolute Gasteiger partial charge is 0.458 e. The fraction of sp³-hybridized carbons (Fsp3) is 0.909. The number of carbonyl (C=O) groups is 2. The lowest BCUT2D eigenvalue weighted by Crippen LogP contribution is -2.74. The molecular weight excluding hydrogens is 422 g/mol. The van der Waals surface area contributed by atoms with Crippen molar-refractivity contribution in [1.29, 1.82) is 0 Å². The Morgan fingerprint density at radius 1 is 0.774 bits per heavy atom. The maximum absolute atomic E-state index is 13.9. The molecule has 1 rings (SSSR count). The number of hydrogen-bond donors (Lipinski definition) is 2. The summed E-state index contributed by atoms with van der Waals surface area (Å²) >= 11 is -2.73. The van der Waals surface area contributed by atoms with Gasteiger partial charge in [-0.05, 0) is 53.9 Å². The van der Waals surface area contributed by atoms with E-state index in [1.54, 1.807) is 48.5 Å². The number of hydrogen-bond acceptors (Lipinski definition) is 6. The van der Waals surface area contributed by atoms with Crippen LogP contribution in [0.15, 0.2) is 0 Å². The first-order valence-electron chi connectivity index (χ1n) is 10.4. The summed E-state index contributed by atoms with van der Waals surface area (Å²) in [5, 5.41) is 2.76. The number of amides is 1. The van der Waals surface area contributed by atoms with Gasteiger partial charge in [0.15, 0.2) is 5.54 Å². The molecule has 31 heavy (non-hydrogen) atoms. The first kappa shape index (κ1) is 27.8. The first-order chi connectivity index (χ1) is 13.4. The van der Waals surface area contributed by atoms with Gasteiger partial charge in [-0.15, -0.1) is 0 Å². The van der Waals surface area contributed by atoms with E-state index in [-0.39, 0.29) is 0 Å². The van der Waals surface area contributed by atoms with E-state index in [1.165, 1.54) is 0 Å². The Morgan fingerprint density at radius 2 is 1.19 bits per heavy atom. The molecule has 0 heterocycles. The molecular formula is C22H41NO7S. The summed E-state index contributed by atoms with van der Waals surface area (Å²) in [6.45, 7) is 23.1. The van der Waals surface area contributed by atoms with Gasteiger partial charge in [-0.1, -0.05) is 41.5 Å². The van der Waals surface area contributed by atoms with Gasteiger partial charge in [-0.25, -0.2) is 9.59 Å². The van der Waals surface area contributed by atoms with E-state index in [4.69, 9.17) is 13.7 Å². The van der Waals surface area contributed by atoms with Crippen LogP contribution in [-0.4, -0.2) is 43.2 Å². The van der Waals surface area contributed by atoms with Gasteiger partial charge >= 0.3 is 23.4 Å². The molecule has 182 valence electrons. The fourth-order valence-electron chi connectivity index (χ4n) is 4.81. The minimum atomic E-state index is -2.73. The van der Waals surface area contributed by atoms with Gasteiger partial charge in [-0.3, -0.25) is 8.74 Å². The van der Waals surface area contributed by atoms with Gasteiger partial charge < -0.3 is 14.8 Å². The molecule has 2 N–H and O–H groups in total. The van der Waals surface area contributed by atoms with Gasteiger partial charge in [0.1, 0.15) is 16.8 Å². The van der Waals surface area contributed by atoms with Crippen LogP contribution in [0.1, 0.15) is 90.0 Å². The SMILES string of the molecule is CC(C)(C)OC(=O)N[C@@]1(C(=O)OC(C)(C)C)C(C)(C)C(C)(C)C(C)(C)[C@]1(C)OS(=O)O. The lowest BCUT2D eigenvalue weighted by atomic mass is 9.58. The highest BCUT2D eigenvalue weighted by molar-refractivity contribution is 7.74. The van der Waals surface area contributed by atoms with Crippen LogP contribution < -0.4 is 5.32 Å². The highest BCUT2D eigenvalue weighted by Gasteiger charge is 2.83. The van der Waals surface area contributed by atoms with E-state index in [1.807, 2.05) is 41.5 Å². The van der Waals surface area contributed by atoms with Crippen molar-refractivity contribution in [2.75, 3.05) is 0 Å². The van der Waals surface area contributed by atoms with Crippen molar-refractivity contribution in [3.8, 4) is 0 Å². The summed E-state index contributed by atoms with van der Waals surface area (Å²) in [6, 6.07) is 0. The molecule has 9 heteroatoms. The molecule has 0 aliphatic heterocycles. The second-order valence-electron chi connectivity index (χ2n) is 12.1. The van der Waals surface area contributed by atoms with Crippen LogP contribution >= 0.6 is 0 Å². The van der Waals surface area contributed by atoms with E-state index in [9.17, 15) is 18.4 Å². The molecule has 1 fully saturated rings. The van der Waals surface area contributed by atoms with Gasteiger partial charge in [0.25, 0.3) is 0 Å². The van der Waals surface area contributed by atoms with E-state index >= 15 is 0 Å². The second-order valence-corrected chi connectivity index (χ2v) is 12.7. The number of nitrogens with one attached hydrogen (secondary N) is 1. The van der Waals surface area contributed by atoms with Crippen LogP contribution in [0.5, 0.6) is 0 Å². The van der Waals surface area contributed by atoms with Gasteiger partial charge in [0.2, 0.25) is 0 Å². The number of alkyl carbamates (subject to hydrolysis) is 1. The maximum atomic E-state index is 13.9. The number of ether oxygens (including phenoxy) is 2. The van der Waals surface area contributed by atoms with E-state index in [0.717, 1.165) is 0 Å². The zero-order valence-electron chi connectivity index (χ0n) is 21.3. The van der Waals surface area contributed by atoms with Crippen LogP contribution in [0, 0.1) is 16.2 Å². The third kappa shape index (κ3) is 4.25. The number of rotatable bonds is 4. The summed E-state index contributed by atoms with van der Waals surface area (Å²) in [4.78, 5) is 27.0. The third-order valence-electron chi connectivity index (χ3n) is 7.60. The van der Waals surface area contributed by atoms with Crippen LogP contribution in [0.25, 0.3) is 0 Å². The van der Waals surface area contributed by atoms with Gasteiger partial charge in [-0.2, -0.15) is 4.21 Å². The maximum Gasteiger partial charge on any atom is 0.408 e. The molecule has 0 aromatic carbocycles. The van der Waals surface area contributed by atoms with Crippen molar-refractivity contribution in [3.05, 3.63) is 0 Å². The lowest BCUT2D eigenvalue weighted by Gasteiger charge is -2.50. The Labute approximate surface area is 189 Å². The predicted octanol–water partition coefficient (Wildman–Crippen LogP) is 4.60. The van der Waals surface area contributed by atoms with Gasteiger partial charge in [0, 0.05) is 10.8 Å². The molecule has 8 nitrogen and oxygen atoms in total. The Hall–Kier alpha value is -1.19. The molecule has 0 spiro atoms. The lowest BCUT2D eigenvalue weighted by molar-refractivity contribution is -0.181. The quantitative estimate of drug-likeness (QED) is 0.463. The first-order valence-corrected chi connectivity index (χ1v) is 11.5. The van der Waals surface area contributed by atoms with Crippen LogP contribution in [0.4, 0.5) is 4.79 Å². The summed E-state index contributed by atoms with van der Waals surface area (Å²) < 4.78 is 38.6. The highest BCUT2D eigenvalue weighted by atomic mass is 32.2.